The number of ketones is 1. The molecule has 0 aliphatic heterocycles. The lowest BCUT2D eigenvalue weighted by atomic mass is 10.1. The average molecular weight is 374 g/mol. The van der Waals surface area contributed by atoms with Crippen LogP contribution in [0.4, 0.5) is 17.2 Å². The van der Waals surface area contributed by atoms with Crippen LogP contribution in [0.1, 0.15) is 45.8 Å². The Balaban J connectivity index is 1.70. The highest BCUT2D eigenvalue weighted by Crippen LogP contribution is 2.22. The molecule has 0 bridgehead atoms. The fourth-order valence-corrected chi connectivity index (χ4v) is 2.83. The van der Waals surface area contributed by atoms with Crippen LogP contribution in [0.5, 0.6) is 0 Å². The molecule has 0 saturated carbocycles. The van der Waals surface area contributed by atoms with Crippen LogP contribution >= 0.6 is 0 Å². The van der Waals surface area contributed by atoms with Crippen molar-refractivity contribution in [2.45, 2.75) is 27.2 Å². The van der Waals surface area contributed by atoms with Crippen molar-refractivity contribution >= 4 is 28.9 Å². The lowest BCUT2D eigenvalue weighted by Gasteiger charge is -2.12. The number of benzene rings is 2. The predicted octanol–water partition coefficient (Wildman–Crippen LogP) is 4.55. The van der Waals surface area contributed by atoms with Gasteiger partial charge in [-0.15, -0.1) is 0 Å². The van der Waals surface area contributed by atoms with Crippen LogP contribution in [0, 0.1) is 6.92 Å². The predicted molar refractivity (Wildman–Crippen MR) is 110 cm³/mol. The van der Waals surface area contributed by atoms with Crippen LogP contribution in [0.3, 0.4) is 0 Å². The summed E-state index contributed by atoms with van der Waals surface area (Å²) in [7, 11) is 0. The van der Waals surface area contributed by atoms with Gasteiger partial charge in [0.1, 0.15) is 11.5 Å². The number of amides is 1. The number of carbonyl (C=O) groups is 2. The first-order valence-corrected chi connectivity index (χ1v) is 9.08. The molecule has 0 aliphatic rings. The third-order valence-electron chi connectivity index (χ3n) is 4.43. The van der Waals surface area contributed by atoms with Crippen molar-refractivity contribution in [3.05, 3.63) is 77.2 Å². The van der Waals surface area contributed by atoms with Crippen molar-refractivity contribution in [1.82, 2.24) is 9.97 Å². The minimum absolute atomic E-state index is 0.0154. The van der Waals surface area contributed by atoms with Crippen LogP contribution < -0.4 is 10.6 Å². The lowest BCUT2D eigenvalue weighted by molar-refractivity contribution is 0.101. The van der Waals surface area contributed by atoms with Crippen LogP contribution in [0.15, 0.2) is 54.9 Å². The molecule has 3 rings (SSSR count). The number of para-hydroxylation sites is 1. The monoisotopic (exact) mass is 374 g/mol. The van der Waals surface area contributed by atoms with Crippen molar-refractivity contribution in [1.29, 1.82) is 0 Å². The third-order valence-corrected chi connectivity index (χ3v) is 4.43. The zero-order chi connectivity index (χ0) is 20.1. The molecule has 3 aromatic rings. The van der Waals surface area contributed by atoms with E-state index >= 15 is 0 Å². The summed E-state index contributed by atoms with van der Waals surface area (Å²) in [6, 6.07) is 13.0. The van der Waals surface area contributed by atoms with Crippen molar-refractivity contribution in [2.24, 2.45) is 0 Å². The fraction of sp³-hybridized carbons (Fsp3) is 0.182. The standard InChI is InChI=1S/C22H22N4O2/c1-4-16-7-5-6-14(2)21(16)26-22(28)19-12-24-20(13-23-19)25-18-10-8-17(9-11-18)15(3)27/h5-13H,4H2,1-3H3,(H,24,25)(H,26,28). The van der Waals surface area contributed by atoms with Gasteiger partial charge in [-0.3, -0.25) is 9.59 Å². The van der Waals surface area contributed by atoms with E-state index in [9.17, 15) is 9.59 Å². The number of nitrogens with zero attached hydrogens (tertiary/aromatic N) is 2. The molecule has 0 unspecified atom stereocenters. The second-order valence-electron chi connectivity index (χ2n) is 6.46. The summed E-state index contributed by atoms with van der Waals surface area (Å²) in [6.45, 7) is 5.54. The lowest BCUT2D eigenvalue weighted by Crippen LogP contribution is -2.16. The van der Waals surface area contributed by atoms with Crippen molar-refractivity contribution in [3.8, 4) is 0 Å². The quantitative estimate of drug-likeness (QED) is 0.619. The van der Waals surface area contributed by atoms with Crippen LogP contribution in [-0.2, 0) is 6.42 Å². The number of carbonyl (C=O) groups excluding carboxylic acids is 2. The summed E-state index contributed by atoms with van der Waals surface area (Å²) in [5, 5.41) is 6.03. The largest absolute Gasteiger partial charge is 0.339 e. The Bertz CT molecular complexity index is 996. The van der Waals surface area contributed by atoms with E-state index in [1.54, 1.807) is 24.3 Å². The second-order valence-corrected chi connectivity index (χ2v) is 6.46. The summed E-state index contributed by atoms with van der Waals surface area (Å²) in [5.74, 6) is 0.229. The summed E-state index contributed by atoms with van der Waals surface area (Å²) in [4.78, 5) is 32.3. The Morgan fingerprint density at radius 3 is 2.36 bits per heavy atom. The maximum absolute atomic E-state index is 12.5. The highest BCUT2D eigenvalue weighted by atomic mass is 16.2. The molecule has 1 heterocycles. The Labute approximate surface area is 164 Å². The maximum Gasteiger partial charge on any atom is 0.275 e. The van der Waals surface area contributed by atoms with Crippen molar-refractivity contribution < 1.29 is 9.59 Å². The van der Waals surface area contributed by atoms with Gasteiger partial charge in [-0.2, -0.15) is 0 Å². The fourth-order valence-electron chi connectivity index (χ4n) is 2.83. The van der Waals surface area contributed by atoms with Crippen molar-refractivity contribution in [3.63, 3.8) is 0 Å². The zero-order valence-corrected chi connectivity index (χ0v) is 16.1. The number of anilines is 3. The highest BCUT2D eigenvalue weighted by molar-refractivity contribution is 6.03. The van der Waals surface area contributed by atoms with Gasteiger partial charge < -0.3 is 10.6 Å². The molecule has 0 spiro atoms. The molecule has 142 valence electrons. The Kier molecular flexibility index (Phi) is 5.79. The van der Waals surface area contributed by atoms with E-state index in [0.29, 0.717) is 11.4 Å². The first-order chi connectivity index (χ1) is 13.5. The van der Waals surface area contributed by atoms with Gasteiger partial charge in [-0.1, -0.05) is 25.1 Å². The average Bonchev–Trinajstić information content (AvgIpc) is 2.70. The summed E-state index contributed by atoms with van der Waals surface area (Å²) in [6.07, 6.45) is 3.77. The van der Waals surface area contributed by atoms with E-state index in [-0.39, 0.29) is 17.4 Å². The van der Waals surface area contributed by atoms with E-state index in [1.165, 1.54) is 19.3 Å². The number of rotatable bonds is 6. The number of hydrogen-bond acceptors (Lipinski definition) is 5. The summed E-state index contributed by atoms with van der Waals surface area (Å²) < 4.78 is 0. The van der Waals surface area contributed by atoms with E-state index in [1.807, 2.05) is 32.0 Å². The van der Waals surface area contributed by atoms with E-state index in [2.05, 4.69) is 20.6 Å². The van der Waals surface area contributed by atoms with Crippen LogP contribution in [0.25, 0.3) is 0 Å². The molecule has 0 aliphatic carbocycles. The van der Waals surface area contributed by atoms with Gasteiger partial charge in [0.05, 0.1) is 12.4 Å². The first-order valence-electron chi connectivity index (χ1n) is 9.08. The summed E-state index contributed by atoms with van der Waals surface area (Å²) in [5.41, 5.74) is 4.57. The SMILES string of the molecule is CCc1cccc(C)c1NC(=O)c1cnc(Nc2ccc(C(C)=O)cc2)cn1. The second kappa shape index (κ2) is 8.43. The molecule has 6 nitrogen and oxygen atoms in total. The molecule has 0 radical (unpaired) electrons. The molecular formula is C22H22N4O2. The van der Waals surface area contributed by atoms with Gasteiger partial charge in [0.25, 0.3) is 5.91 Å². The van der Waals surface area contributed by atoms with Gasteiger partial charge >= 0.3 is 0 Å². The van der Waals surface area contributed by atoms with Crippen molar-refractivity contribution in [2.75, 3.05) is 10.6 Å². The van der Waals surface area contributed by atoms with Gasteiger partial charge in [-0.05, 0) is 55.7 Å². The molecule has 1 amide bonds. The molecule has 2 aromatic carbocycles. The number of hydrogen-bond donors (Lipinski definition) is 2. The molecule has 2 N–H and O–H groups in total. The molecule has 28 heavy (non-hydrogen) atoms. The molecule has 0 saturated heterocycles. The number of nitrogens with one attached hydrogen (secondary N) is 2. The normalized spacial score (nSPS) is 10.4. The Morgan fingerprint density at radius 2 is 1.75 bits per heavy atom. The smallest absolute Gasteiger partial charge is 0.275 e. The number of aromatic nitrogens is 2. The maximum atomic E-state index is 12.5. The highest BCUT2D eigenvalue weighted by Gasteiger charge is 2.12. The molecule has 6 heteroatoms. The molecule has 0 atom stereocenters. The van der Waals surface area contributed by atoms with Crippen LogP contribution in [-0.4, -0.2) is 21.7 Å². The first kappa shape index (κ1) is 19.2. The van der Waals surface area contributed by atoms with E-state index in [0.717, 1.165) is 28.9 Å². The van der Waals surface area contributed by atoms with Gasteiger partial charge in [0, 0.05) is 16.9 Å². The molecule has 1 aromatic heterocycles. The van der Waals surface area contributed by atoms with Crippen LogP contribution in [0.2, 0.25) is 0 Å². The Hall–Kier alpha value is -3.54. The minimum atomic E-state index is -0.297. The van der Waals surface area contributed by atoms with Gasteiger partial charge in [-0.25, -0.2) is 9.97 Å². The summed E-state index contributed by atoms with van der Waals surface area (Å²) >= 11 is 0. The molecule has 0 fully saturated rings. The number of aryl methyl sites for hydroxylation is 2. The van der Waals surface area contributed by atoms with E-state index in [4.69, 9.17) is 0 Å². The molecular weight excluding hydrogens is 352 g/mol. The minimum Gasteiger partial charge on any atom is -0.339 e. The van der Waals surface area contributed by atoms with Gasteiger partial charge in [0.2, 0.25) is 0 Å². The zero-order valence-electron chi connectivity index (χ0n) is 16.1. The third kappa shape index (κ3) is 4.40. The topological polar surface area (TPSA) is 84.0 Å². The number of Topliss-reactive ketones (excluding diaryl/α,β-unsaturated/α-hetero) is 1. The van der Waals surface area contributed by atoms with Gasteiger partial charge in [0.15, 0.2) is 5.78 Å². The Morgan fingerprint density at radius 1 is 1.00 bits per heavy atom. The van der Waals surface area contributed by atoms with E-state index < -0.39 is 0 Å².